The summed E-state index contributed by atoms with van der Waals surface area (Å²) >= 11 is 0. The van der Waals surface area contributed by atoms with Gasteiger partial charge in [0.25, 0.3) is 0 Å². The maximum atomic E-state index is 12.6. The first-order valence-electron chi connectivity index (χ1n) is 5.94. The zero-order chi connectivity index (χ0) is 14.0. The Balaban J connectivity index is 2.14. The van der Waals surface area contributed by atoms with Gasteiger partial charge in [-0.1, -0.05) is 0 Å². The van der Waals surface area contributed by atoms with Crippen LogP contribution in [0.25, 0.3) is 0 Å². The van der Waals surface area contributed by atoms with Crippen molar-refractivity contribution >= 4 is 5.91 Å². The summed E-state index contributed by atoms with van der Waals surface area (Å²) < 4.78 is 38.9. The van der Waals surface area contributed by atoms with Crippen LogP contribution < -0.4 is 5.32 Å². The first-order valence-corrected chi connectivity index (χ1v) is 5.94. The fourth-order valence-corrected chi connectivity index (χ4v) is 1.79. The Morgan fingerprint density at radius 2 is 2.21 bits per heavy atom. The summed E-state index contributed by atoms with van der Waals surface area (Å²) in [6.07, 6.45) is -2.86. The second kappa shape index (κ2) is 5.20. The summed E-state index contributed by atoms with van der Waals surface area (Å²) in [4.78, 5) is 11.5. The van der Waals surface area contributed by atoms with Crippen molar-refractivity contribution < 1.29 is 23.1 Å². The minimum absolute atomic E-state index is 0.0641. The smallest absolute Gasteiger partial charge is 0.395 e. The van der Waals surface area contributed by atoms with Crippen LogP contribution in [0.15, 0.2) is 6.07 Å². The molecule has 0 saturated heterocycles. The van der Waals surface area contributed by atoms with Gasteiger partial charge in [-0.3, -0.25) is 9.48 Å². The van der Waals surface area contributed by atoms with Gasteiger partial charge in [0.1, 0.15) is 6.54 Å². The molecule has 1 saturated carbocycles. The molecule has 0 atom stereocenters. The van der Waals surface area contributed by atoms with E-state index in [1.807, 2.05) is 0 Å². The molecule has 0 bridgehead atoms. The molecule has 0 aromatic carbocycles. The molecule has 1 aromatic rings. The third kappa shape index (κ3) is 3.46. The third-order valence-electron chi connectivity index (χ3n) is 2.82. The number of hydrogen-bond acceptors (Lipinski definition) is 3. The lowest BCUT2D eigenvalue weighted by atomic mass is 10.2. The first-order chi connectivity index (χ1) is 8.91. The predicted molar refractivity (Wildman–Crippen MR) is 59.3 cm³/mol. The highest BCUT2D eigenvalue weighted by Crippen LogP contribution is 2.42. The average Bonchev–Trinajstić information content (AvgIpc) is 3.07. The molecule has 1 amide bonds. The number of nitrogens with one attached hydrogen (secondary N) is 1. The van der Waals surface area contributed by atoms with Crippen LogP contribution >= 0.6 is 0 Å². The van der Waals surface area contributed by atoms with Gasteiger partial charge >= 0.3 is 6.18 Å². The van der Waals surface area contributed by atoms with Gasteiger partial charge < -0.3 is 10.4 Å². The number of halogens is 3. The summed E-state index contributed by atoms with van der Waals surface area (Å²) in [6.45, 7) is -0.402. The van der Waals surface area contributed by atoms with Crippen molar-refractivity contribution in [3.8, 4) is 0 Å². The lowest BCUT2D eigenvalue weighted by Gasteiger charge is -2.07. The van der Waals surface area contributed by atoms with Crippen molar-refractivity contribution in [1.82, 2.24) is 15.1 Å². The van der Waals surface area contributed by atoms with Gasteiger partial charge in [0, 0.05) is 18.2 Å². The van der Waals surface area contributed by atoms with Crippen molar-refractivity contribution in [2.24, 2.45) is 0 Å². The zero-order valence-corrected chi connectivity index (χ0v) is 10.1. The first kappa shape index (κ1) is 13.9. The quantitative estimate of drug-likeness (QED) is 0.840. The molecule has 1 heterocycles. The van der Waals surface area contributed by atoms with Crippen LogP contribution in [0.2, 0.25) is 0 Å². The Labute approximate surface area is 107 Å². The molecule has 1 aliphatic carbocycles. The molecule has 1 aromatic heterocycles. The zero-order valence-electron chi connectivity index (χ0n) is 10.1. The summed E-state index contributed by atoms with van der Waals surface area (Å²) in [5.74, 6) is -0.401. The van der Waals surface area contributed by atoms with Crippen molar-refractivity contribution in [1.29, 1.82) is 0 Å². The number of rotatable bonds is 5. The van der Waals surface area contributed by atoms with Crippen LogP contribution in [0.3, 0.4) is 0 Å². The molecule has 106 valence electrons. The molecule has 0 spiro atoms. The molecule has 5 nitrogen and oxygen atoms in total. The van der Waals surface area contributed by atoms with E-state index < -0.39 is 17.8 Å². The minimum Gasteiger partial charge on any atom is -0.395 e. The van der Waals surface area contributed by atoms with E-state index in [1.165, 1.54) is 0 Å². The van der Waals surface area contributed by atoms with Crippen molar-refractivity contribution in [2.75, 3.05) is 13.2 Å². The lowest BCUT2D eigenvalue weighted by Crippen LogP contribution is -2.30. The van der Waals surface area contributed by atoms with Crippen molar-refractivity contribution in [3.63, 3.8) is 0 Å². The molecule has 1 fully saturated rings. The van der Waals surface area contributed by atoms with Crippen molar-refractivity contribution in [2.45, 2.75) is 31.5 Å². The Bertz CT molecular complexity index is 466. The normalized spacial score (nSPS) is 15.6. The maximum Gasteiger partial charge on any atom is 0.435 e. The fourth-order valence-electron chi connectivity index (χ4n) is 1.79. The number of aliphatic hydroxyl groups is 1. The molecule has 1 aliphatic rings. The van der Waals surface area contributed by atoms with Crippen molar-refractivity contribution in [3.05, 3.63) is 17.5 Å². The Morgan fingerprint density at radius 3 is 2.74 bits per heavy atom. The average molecular weight is 277 g/mol. The number of alkyl halides is 3. The van der Waals surface area contributed by atoms with E-state index in [4.69, 9.17) is 5.11 Å². The van der Waals surface area contributed by atoms with Gasteiger partial charge in [0.2, 0.25) is 5.91 Å². The monoisotopic (exact) mass is 277 g/mol. The predicted octanol–water partition coefficient (Wildman–Crippen LogP) is 0.888. The Kier molecular flexibility index (Phi) is 3.79. The van der Waals surface area contributed by atoms with Gasteiger partial charge in [0.05, 0.1) is 6.61 Å². The van der Waals surface area contributed by atoms with Gasteiger partial charge in [-0.05, 0) is 18.9 Å². The van der Waals surface area contributed by atoms with Crippen LogP contribution in [0.1, 0.15) is 30.1 Å². The van der Waals surface area contributed by atoms with E-state index in [-0.39, 0.29) is 25.6 Å². The molecule has 8 heteroatoms. The van der Waals surface area contributed by atoms with E-state index in [2.05, 4.69) is 10.4 Å². The Hall–Kier alpha value is -1.57. The SMILES string of the molecule is O=C(Cn1nc(C(F)(F)F)cc1C1CC1)NCCO. The molecule has 2 rings (SSSR count). The van der Waals surface area contributed by atoms with Gasteiger partial charge in [0.15, 0.2) is 5.69 Å². The van der Waals surface area contributed by atoms with Crippen LogP contribution in [0.5, 0.6) is 0 Å². The second-order valence-corrected chi connectivity index (χ2v) is 4.46. The van der Waals surface area contributed by atoms with Gasteiger partial charge in [-0.25, -0.2) is 0 Å². The van der Waals surface area contributed by atoms with E-state index >= 15 is 0 Å². The van der Waals surface area contributed by atoms with E-state index in [9.17, 15) is 18.0 Å². The molecule has 19 heavy (non-hydrogen) atoms. The number of nitrogens with zero attached hydrogens (tertiary/aromatic N) is 2. The highest BCUT2D eigenvalue weighted by Gasteiger charge is 2.37. The topological polar surface area (TPSA) is 67.2 Å². The number of carbonyl (C=O) groups is 1. The minimum atomic E-state index is -4.50. The van der Waals surface area contributed by atoms with E-state index in [0.717, 1.165) is 23.6 Å². The van der Waals surface area contributed by atoms with E-state index in [0.29, 0.717) is 5.69 Å². The van der Waals surface area contributed by atoms with Gasteiger partial charge in [-0.2, -0.15) is 18.3 Å². The molecule has 0 unspecified atom stereocenters. The number of aromatic nitrogens is 2. The number of aliphatic hydroxyl groups excluding tert-OH is 1. The highest BCUT2D eigenvalue weighted by molar-refractivity contribution is 5.75. The molecular formula is C11H14F3N3O2. The second-order valence-electron chi connectivity index (χ2n) is 4.46. The van der Waals surface area contributed by atoms with Crippen LogP contribution in [0, 0.1) is 0 Å². The largest absolute Gasteiger partial charge is 0.435 e. The standard InChI is InChI=1S/C11H14F3N3O2/c12-11(13,14)9-5-8(7-1-2-7)17(16-9)6-10(19)15-3-4-18/h5,7,18H,1-4,6H2,(H,15,19). The Morgan fingerprint density at radius 1 is 1.53 bits per heavy atom. The highest BCUT2D eigenvalue weighted by atomic mass is 19.4. The van der Waals surface area contributed by atoms with Crippen LogP contribution in [0.4, 0.5) is 13.2 Å². The molecule has 0 aliphatic heterocycles. The van der Waals surface area contributed by atoms with E-state index in [1.54, 1.807) is 0 Å². The number of amides is 1. The summed E-state index contributed by atoms with van der Waals surface area (Å²) in [5.41, 5.74) is -0.518. The summed E-state index contributed by atoms with van der Waals surface area (Å²) in [7, 11) is 0. The number of carbonyl (C=O) groups excluding carboxylic acids is 1. The molecular weight excluding hydrogens is 263 g/mol. The van der Waals surface area contributed by atoms with Crippen LogP contribution in [-0.2, 0) is 17.5 Å². The maximum absolute atomic E-state index is 12.6. The summed E-state index contributed by atoms with van der Waals surface area (Å²) in [6, 6.07) is 1.01. The summed E-state index contributed by atoms with van der Waals surface area (Å²) in [5, 5.41) is 14.4. The third-order valence-corrected chi connectivity index (χ3v) is 2.82. The molecule has 2 N–H and O–H groups in total. The number of hydrogen-bond donors (Lipinski definition) is 2. The van der Waals surface area contributed by atoms with Gasteiger partial charge in [-0.15, -0.1) is 0 Å². The molecule has 0 radical (unpaired) electrons. The fraction of sp³-hybridized carbons (Fsp3) is 0.636. The lowest BCUT2D eigenvalue weighted by molar-refractivity contribution is -0.141. The van der Waals surface area contributed by atoms with Crippen LogP contribution in [-0.4, -0.2) is 33.9 Å².